The number of hydrogen-bond donors (Lipinski definition) is 1. The summed E-state index contributed by atoms with van der Waals surface area (Å²) in [7, 11) is 0. The van der Waals surface area contributed by atoms with E-state index in [9.17, 15) is 15.2 Å². The number of aliphatic hydroxyl groups excluding tert-OH is 1. The van der Waals surface area contributed by atoms with Crippen LogP contribution in [0.1, 0.15) is 36.5 Å². The first-order chi connectivity index (χ1) is 14.4. The second kappa shape index (κ2) is 7.20. The van der Waals surface area contributed by atoms with Gasteiger partial charge >= 0.3 is 0 Å². The van der Waals surface area contributed by atoms with Gasteiger partial charge < -0.3 is 5.11 Å². The van der Waals surface area contributed by atoms with Gasteiger partial charge in [0.15, 0.2) is 0 Å². The zero-order valence-corrected chi connectivity index (χ0v) is 16.5. The van der Waals surface area contributed by atoms with Crippen molar-refractivity contribution in [2.45, 2.75) is 43.8 Å². The topological polar surface area (TPSA) is 69.8 Å². The predicted octanol–water partition coefficient (Wildman–Crippen LogP) is 2.86. The average molecular weight is 394 g/mol. The van der Waals surface area contributed by atoms with E-state index in [1.54, 1.807) is 12.1 Å². The molecule has 1 aliphatic carbocycles. The molecule has 1 saturated carbocycles. The Morgan fingerprint density at radius 1 is 1.14 bits per heavy atom. The molecule has 0 aromatic heterocycles. The zero-order chi connectivity index (χ0) is 20.9. The first-order valence-electron chi connectivity index (χ1n) is 11.0. The van der Waals surface area contributed by atoms with Crippen molar-refractivity contribution in [1.82, 2.24) is 9.80 Å². The van der Waals surface area contributed by atoms with Gasteiger partial charge in [0.2, 0.25) is 0 Å². The van der Waals surface area contributed by atoms with Gasteiger partial charge in [-0.3, -0.25) is 19.9 Å². The van der Waals surface area contributed by atoms with Crippen molar-refractivity contribution < 1.29 is 11.4 Å². The van der Waals surface area contributed by atoms with E-state index in [1.165, 1.54) is 11.1 Å². The third-order valence-electron chi connectivity index (χ3n) is 6.62. The van der Waals surface area contributed by atoms with E-state index in [1.807, 2.05) is 11.0 Å². The SMILES string of the molecule is [2H][C@@H]1c2cc([N+](=O)[O-])ccc2C2(CC2)CN1CC(O)CN1CCc2ccccc2C1. The van der Waals surface area contributed by atoms with Crippen molar-refractivity contribution in [2.24, 2.45) is 0 Å². The van der Waals surface area contributed by atoms with Crippen LogP contribution < -0.4 is 0 Å². The second-order valence-electron chi connectivity index (χ2n) is 8.78. The minimum atomic E-state index is -0.678. The Hall–Kier alpha value is -2.28. The Bertz CT molecular complexity index is 978. The Morgan fingerprint density at radius 3 is 2.66 bits per heavy atom. The molecule has 0 saturated heterocycles. The fourth-order valence-electron chi connectivity index (χ4n) is 5.00. The summed E-state index contributed by atoms with van der Waals surface area (Å²) in [5.74, 6) is 0. The van der Waals surface area contributed by atoms with E-state index in [2.05, 4.69) is 29.2 Å². The van der Waals surface area contributed by atoms with E-state index in [4.69, 9.17) is 1.37 Å². The molecule has 2 atom stereocenters. The van der Waals surface area contributed by atoms with Crippen molar-refractivity contribution in [3.63, 3.8) is 0 Å². The fraction of sp³-hybridized carbons (Fsp3) is 0.478. The van der Waals surface area contributed by atoms with Gasteiger partial charge in [-0.05, 0) is 41.5 Å². The standard InChI is InChI=1S/C23H27N3O3/c27-21(14-24-10-7-17-3-1-2-4-18(17)12-24)15-25-13-19-11-20(26(28)29)5-6-22(19)23(16-25)8-9-23/h1-6,11,21,27H,7-10,12-16H2/i13D/t13-,21?/m1/s1. The molecule has 0 radical (unpaired) electrons. The summed E-state index contributed by atoms with van der Waals surface area (Å²) < 4.78 is 8.74. The van der Waals surface area contributed by atoms with Gasteiger partial charge in [0.05, 0.1) is 11.0 Å². The van der Waals surface area contributed by atoms with Crippen LogP contribution in [-0.2, 0) is 24.9 Å². The minimum absolute atomic E-state index is 0.00575. The van der Waals surface area contributed by atoms with E-state index in [0.717, 1.165) is 50.0 Å². The molecule has 2 heterocycles. The first-order valence-corrected chi connectivity index (χ1v) is 10.4. The van der Waals surface area contributed by atoms with Crippen molar-refractivity contribution in [2.75, 3.05) is 26.2 Å². The quantitative estimate of drug-likeness (QED) is 0.624. The lowest BCUT2D eigenvalue weighted by Crippen LogP contribution is -2.45. The van der Waals surface area contributed by atoms with Crippen LogP contribution in [0.15, 0.2) is 42.5 Å². The summed E-state index contributed by atoms with van der Waals surface area (Å²) in [6.45, 7) is 2.82. The van der Waals surface area contributed by atoms with Crippen LogP contribution in [0.4, 0.5) is 5.69 Å². The highest BCUT2D eigenvalue weighted by Gasteiger charge is 2.49. The summed E-state index contributed by atoms with van der Waals surface area (Å²) in [6.07, 6.45) is 2.52. The van der Waals surface area contributed by atoms with Gasteiger partial charge in [0, 0.05) is 58.2 Å². The lowest BCUT2D eigenvalue weighted by Gasteiger charge is -2.37. The van der Waals surface area contributed by atoms with E-state index < -0.39 is 17.5 Å². The number of nitrogens with zero attached hydrogens (tertiary/aromatic N) is 3. The number of rotatable bonds is 5. The molecule has 0 amide bonds. The lowest BCUT2D eigenvalue weighted by molar-refractivity contribution is -0.385. The van der Waals surface area contributed by atoms with Crippen LogP contribution in [0.5, 0.6) is 0 Å². The molecule has 6 nitrogen and oxygen atoms in total. The highest BCUT2D eigenvalue weighted by atomic mass is 16.6. The Morgan fingerprint density at radius 2 is 1.90 bits per heavy atom. The van der Waals surface area contributed by atoms with Crippen LogP contribution in [0.3, 0.4) is 0 Å². The lowest BCUT2D eigenvalue weighted by atomic mass is 9.86. The number of aliphatic hydroxyl groups is 1. The van der Waals surface area contributed by atoms with Gasteiger partial charge in [0.25, 0.3) is 5.69 Å². The van der Waals surface area contributed by atoms with Crippen molar-refractivity contribution in [3.05, 3.63) is 74.8 Å². The van der Waals surface area contributed by atoms with Gasteiger partial charge in [-0.15, -0.1) is 0 Å². The first kappa shape index (κ1) is 17.6. The third kappa shape index (κ3) is 3.68. The molecule has 1 spiro atoms. The summed E-state index contributed by atoms with van der Waals surface area (Å²) in [4.78, 5) is 15.1. The molecule has 29 heavy (non-hydrogen) atoms. The normalized spacial score (nSPS) is 24.4. The third-order valence-corrected chi connectivity index (χ3v) is 6.62. The van der Waals surface area contributed by atoms with E-state index in [-0.39, 0.29) is 11.1 Å². The molecule has 1 unspecified atom stereocenters. The number of non-ortho nitro benzene ring substituents is 1. The molecule has 0 bridgehead atoms. The van der Waals surface area contributed by atoms with Crippen molar-refractivity contribution in [1.29, 1.82) is 0 Å². The number of β-amino-alcohol motifs (C(OH)–C–C–N with tert-alkyl or cyclic N) is 1. The average Bonchev–Trinajstić information content (AvgIpc) is 3.51. The predicted molar refractivity (Wildman–Crippen MR) is 111 cm³/mol. The number of benzene rings is 2. The van der Waals surface area contributed by atoms with Gasteiger partial charge in [-0.2, -0.15) is 0 Å². The second-order valence-corrected chi connectivity index (χ2v) is 8.78. The van der Waals surface area contributed by atoms with Gasteiger partial charge in [-0.25, -0.2) is 0 Å². The number of fused-ring (bicyclic) bond motifs is 3. The molecule has 3 aliphatic rings. The Balaban J connectivity index is 1.28. The van der Waals surface area contributed by atoms with Gasteiger partial charge in [0.1, 0.15) is 0 Å². The summed E-state index contributed by atoms with van der Waals surface area (Å²) in [5.41, 5.74) is 4.57. The maximum atomic E-state index is 11.2. The number of nitro benzene ring substituents is 1. The Labute approximate surface area is 172 Å². The monoisotopic (exact) mass is 394 g/mol. The molecule has 6 heteroatoms. The fourth-order valence-corrected chi connectivity index (χ4v) is 5.00. The van der Waals surface area contributed by atoms with Crippen LogP contribution >= 0.6 is 0 Å². The molecule has 152 valence electrons. The molecule has 5 rings (SSSR count). The number of hydrogen-bond acceptors (Lipinski definition) is 5. The summed E-state index contributed by atoms with van der Waals surface area (Å²) in [6, 6.07) is 13.4. The smallest absolute Gasteiger partial charge is 0.269 e. The van der Waals surface area contributed by atoms with Crippen LogP contribution in [0.25, 0.3) is 0 Å². The molecular formula is C23H27N3O3. The van der Waals surface area contributed by atoms with Crippen LogP contribution in [-0.4, -0.2) is 52.1 Å². The van der Waals surface area contributed by atoms with E-state index in [0.29, 0.717) is 13.1 Å². The van der Waals surface area contributed by atoms with Crippen molar-refractivity contribution >= 4 is 5.69 Å². The highest BCUT2D eigenvalue weighted by molar-refractivity contribution is 5.47. The molecule has 1 fully saturated rings. The largest absolute Gasteiger partial charge is 0.390 e. The highest BCUT2D eigenvalue weighted by Crippen LogP contribution is 2.52. The molecule has 2 aromatic rings. The summed E-state index contributed by atoms with van der Waals surface area (Å²) in [5, 5.41) is 22.0. The van der Waals surface area contributed by atoms with Crippen molar-refractivity contribution in [3.8, 4) is 0 Å². The zero-order valence-electron chi connectivity index (χ0n) is 17.5. The molecule has 2 aliphatic heterocycles. The maximum Gasteiger partial charge on any atom is 0.269 e. The van der Waals surface area contributed by atoms with Gasteiger partial charge in [-0.1, -0.05) is 30.3 Å². The van der Waals surface area contributed by atoms with Crippen LogP contribution in [0.2, 0.25) is 0 Å². The van der Waals surface area contributed by atoms with Crippen LogP contribution in [0, 0.1) is 10.1 Å². The maximum absolute atomic E-state index is 11.2. The molecule has 1 N–H and O–H groups in total. The summed E-state index contributed by atoms with van der Waals surface area (Å²) >= 11 is 0. The molecule has 2 aromatic carbocycles. The minimum Gasteiger partial charge on any atom is -0.390 e. The molecular weight excluding hydrogens is 366 g/mol. The number of nitro groups is 1. The Kier molecular flexibility index (Phi) is 4.36. The van der Waals surface area contributed by atoms with E-state index >= 15 is 0 Å².